The summed E-state index contributed by atoms with van der Waals surface area (Å²) >= 11 is 0. The molecule has 0 aliphatic carbocycles. The molecular formula is C23H19N5O3. The highest BCUT2D eigenvalue weighted by molar-refractivity contribution is 6.00. The number of benzene rings is 3. The minimum absolute atomic E-state index is 0.133. The van der Waals surface area contributed by atoms with Gasteiger partial charge < -0.3 is 0 Å². The van der Waals surface area contributed by atoms with Gasteiger partial charge in [0.15, 0.2) is 0 Å². The molecule has 0 spiro atoms. The molecule has 0 radical (unpaired) electrons. The third-order valence-corrected chi connectivity index (χ3v) is 4.65. The van der Waals surface area contributed by atoms with Crippen molar-refractivity contribution in [2.45, 2.75) is 6.54 Å². The zero-order valence-electron chi connectivity index (χ0n) is 16.4. The van der Waals surface area contributed by atoms with Crippen molar-refractivity contribution in [2.24, 2.45) is 0 Å². The normalized spacial score (nSPS) is 10.5. The van der Waals surface area contributed by atoms with Gasteiger partial charge in [0.1, 0.15) is 11.4 Å². The van der Waals surface area contributed by atoms with Gasteiger partial charge in [-0.1, -0.05) is 72.8 Å². The SMILES string of the molecule is O=C(NNc1ccccc1[N+](=O)[O-])c1cn(Cc2ccccc2)nc1-c1ccccc1. The Hall–Kier alpha value is -4.46. The number of hydrazine groups is 1. The first-order valence-corrected chi connectivity index (χ1v) is 9.58. The zero-order valence-corrected chi connectivity index (χ0v) is 16.4. The predicted molar refractivity (Wildman–Crippen MR) is 117 cm³/mol. The first-order chi connectivity index (χ1) is 15.1. The van der Waals surface area contributed by atoms with Crippen LogP contribution in [0.25, 0.3) is 11.3 Å². The maximum absolute atomic E-state index is 13.0. The minimum atomic E-state index is -0.512. The number of anilines is 1. The fourth-order valence-electron chi connectivity index (χ4n) is 3.18. The second kappa shape index (κ2) is 8.91. The van der Waals surface area contributed by atoms with Crippen LogP contribution in [0.1, 0.15) is 15.9 Å². The van der Waals surface area contributed by atoms with Crippen LogP contribution in [0.4, 0.5) is 11.4 Å². The van der Waals surface area contributed by atoms with Crippen LogP contribution in [-0.2, 0) is 6.54 Å². The lowest BCUT2D eigenvalue weighted by molar-refractivity contribution is -0.384. The lowest BCUT2D eigenvalue weighted by atomic mass is 10.1. The van der Waals surface area contributed by atoms with Crippen molar-refractivity contribution in [3.8, 4) is 11.3 Å². The molecule has 4 rings (SSSR count). The molecular weight excluding hydrogens is 394 g/mol. The van der Waals surface area contributed by atoms with Crippen molar-refractivity contribution in [1.29, 1.82) is 0 Å². The van der Waals surface area contributed by atoms with E-state index in [0.29, 0.717) is 17.8 Å². The average molecular weight is 413 g/mol. The van der Waals surface area contributed by atoms with Crippen molar-refractivity contribution >= 4 is 17.3 Å². The van der Waals surface area contributed by atoms with Gasteiger partial charge in [-0.3, -0.25) is 30.4 Å². The molecule has 2 N–H and O–H groups in total. The summed E-state index contributed by atoms with van der Waals surface area (Å²) in [6.07, 6.45) is 1.67. The van der Waals surface area contributed by atoms with Crippen LogP contribution in [0, 0.1) is 10.1 Å². The van der Waals surface area contributed by atoms with E-state index in [9.17, 15) is 14.9 Å². The number of nitrogens with zero attached hydrogens (tertiary/aromatic N) is 3. The number of nitrogens with one attached hydrogen (secondary N) is 2. The molecule has 0 saturated carbocycles. The maximum Gasteiger partial charge on any atom is 0.294 e. The molecule has 0 saturated heterocycles. The quantitative estimate of drug-likeness (QED) is 0.348. The monoisotopic (exact) mass is 413 g/mol. The van der Waals surface area contributed by atoms with Crippen molar-refractivity contribution < 1.29 is 9.72 Å². The van der Waals surface area contributed by atoms with E-state index >= 15 is 0 Å². The van der Waals surface area contributed by atoms with Gasteiger partial charge in [-0.25, -0.2) is 0 Å². The first kappa shape index (κ1) is 19.8. The number of carbonyl (C=O) groups excluding carboxylic acids is 1. The number of hydrogen-bond donors (Lipinski definition) is 2. The summed E-state index contributed by atoms with van der Waals surface area (Å²) in [6.45, 7) is 0.505. The molecule has 1 aromatic heterocycles. The van der Waals surface area contributed by atoms with Gasteiger partial charge in [0.05, 0.1) is 17.0 Å². The summed E-state index contributed by atoms with van der Waals surface area (Å²) in [6, 6.07) is 25.3. The highest BCUT2D eigenvalue weighted by atomic mass is 16.6. The van der Waals surface area contributed by atoms with Crippen molar-refractivity contribution in [3.63, 3.8) is 0 Å². The van der Waals surface area contributed by atoms with Crippen LogP contribution < -0.4 is 10.9 Å². The number of aromatic nitrogens is 2. The van der Waals surface area contributed by atoms with Crippen LogP contribution in [0.2, 0.25) is 0 Å². The summed E-state index contributed by atoms with van der Waals surface area (Å²) in [4.78, 5) is 23.6. The van der Waals surface area contributed by atoms with E-state index in [0.717, 1.165) is 11.1 Å². The van der Waals surface area contributed by atoms with E-state index in [1.54, 1.807) is 23.0 Å². The molecule has 0 aliphatic rings. The van der Waals surface area contributed by atoms with Gasteiger partial charge >= 0.3 is 0 Å². The molecule has 0 atom stereocenters. The van der Waals surface area contributed by atoms with Crippen molar-refractivity contribution in [2.75, 3.05) is 5.43 Å². The molecule has 31 heavy (non-hydrogen) atoms. The Morgan fingerprint density at radius 1 is 0.935 bits per heavy atom. The largest absolute Gasteiger partial charge is 0.294 e. The molecule has 3 aromatic carbocycles. The zero-order chi connectivity index (χ0) is 21.6. The lowest BCUT2D eigenvalue weighted by Crippen LogP contribution is -2.29. The second-order valence-electron chi connectivity index (χ2n) is 6.79. The third-order valence-electron chi connectivity index (χ3n) is 4.65. The topological polar surface area (TPSA) is 102 Å². The van der Waals surface area contributed by atoms with E-state index in [1.807, 2.05) is 60.7 Å². The summed E-state index contributed by atoms with van der Waals surface area (Å²) < 4.78 is 1.71. The number of nitro benzene ring substituents is 1. The number of amides is 1. The lowest BCUT2D eigenvalue weighted by Gasteiger charge is -2.08. The third kappa shape index (κ3) is 4.59. The number of nitro groups is 1. The molecule has 0 fully saturated rings. The van der Waals surface area contributed by atoms with Crippen LogP contribution in [-0.4, -0.2) is 20.6 Å². The van der Waals surface area contributed by atoms with Crippen LogP contribution >= 0.6 is 0 Å². The van der Waals surface area contributed by atoms with Gasteiger partial charge in [0, 0.05) is 17.8 Å². The van der Waals surface area contributed by atoms with Crippen LogP contribution in [0.15, 0.2) is 91.1 Å². The van der Waals surface area contributed by atoms with E-state index in [2.05, 4.69) is 16.0 Å². The highest BCUT2D eigenvalue weighted by Crippen LogP contribution is 2.24. The summed E-state index contributed by atoms with van der Waals surface area (Å²) in [7, 11) is 0. The molecule has 0 unspecified atom stereocenters. The molecule has 0 aliphatic heterocycles. The number of rotatable bonds is 7. The molecule has 1 amide bonds. The van der Waals surface area contributed by atoms with Gasteiger partial charge in [0.25, 0.3) is 11.6 Å². The van der Waals surface area contributed by atoms with E-state index in [4.69, 9.17) is 0 Å². The van der Waals surface area contributed by atoms with Crippen LogP contribution in [0.3, 0.4) is 0 Å². The Morgan fingerprint density at radius 2 is 1.58 bits per heavy atom. The summed E-state index contributed by atoms with van der Waals surface area (Å²) in [5.74, 6) is -0.448. The van der Waals surface area contributed by atoms with Gasteiger partial charge in [-0.2, -0.15) is 5.10 Å². The Bertz CT molecular complexity index is 1210. The minimum Gasteiger partial charge on any atom is -0.292 e. The molecule has 8 nitrogen and oxygen atoms in total. The van der Waals surface area contributed by atoms with Gasteiger partial charge in [0.2, 0.25) is 0 Å². The van der Waals surface area contributed by atoms with E-state index in [1.165, 1.54) is 12.1 Å². The smallest absolute Gasteiger partial charge is 0.292 e. The Balaban J connectivity index is 1.61. The van der Waals surface area contributed by atoms with Crippen LogP contribution in [0.5, 0.6) is 0 Å². The Morgan fingerprint density at radius 3 is 2.29 bits per heavy atom. The van der Waals surface area contributed by atoms with E-state index in [-0.39, 0.29) is 11.4 Å². The van der Waals surface area contributed by atoms with Gasteiger partial charge in [-0.05, 0) is 11.6 Å². The average Bonchev–Trinajstić information content (AvgIpc) is 3.22. The fourth-order valence-corrected chi connectivity index (χ4v) is 3.18. The maximum atomic E-state index is 13.0. The molecule has 8 heteroatoms. The summed E-state index contributed by atoms with van der Waals surface area (Å²) in [5.41, 5.74) is 7.99. The number of carbonyl (C=O) groups is 1. The second-order valence-corrected chi connectivity index (χ2v) is 6.79. The number of para-hydroxylation sites is 2. The fraction of sp³-hybridized carbons (Fsp3) is 0.0435. The van der Waals surface area contributed by atoms with E-state index < -0.39 is 10.8 Å². The first-order valence-electron chi connectivity index (χ1n) is 9.58. The number of hydrogen-bond acceptors (Lipinski definition) is 5. The highest BCUT2D eigenvalue weighted by Gasteiger charge is 2.19. The predicted octanol–water partition coefficient (Wildman–Crippen LogP) is 4.26. The molecule has 0 bridgehead atoms. The molecule has 154 valence electrons. The van der Waals surface area contributed by atoms with Crippen molar-refractivity contribution in [1.82, 2.24) is 15.2 Å². The Kier molecular flexibility index (Phi) is 5.70. The van der Waals surface area contributed by atoms with Gasteiger partial charge in [-0.15, -0.1) is 0 Å². The molecule has 4 aromatic rings. The summed E-state index contributed by atoms with van der Waals surface area (Å²) in [5, 5.41) is 15.8. The molecule has 1 heterocycles. The van der Waals surface area contributed by atoms with Crippen molar-refractivity contribution in [3.05, 3.63) is 112 Å². The standard InChI is InChI=1S/C23H19N5O3/c29-23(25-24-20-13-7-8-14-21(20)28(30)31)19-16-27(15-17-9-3-1-4-10-17)26-22(19)18-11-5-2-6-12-18/h1-14,16,24H,15H2,(H,25,29). The Labute approximate surface area is 178 Å².